The summed E-state index contributed by atoms with van der Waals surface area (Å²) in [5.41, 5.74) is 1.21. The maximum absolute atomic E-state index is 5.76. The third-order valence-corrected chi connectivity index (χ3v) is 2.75. The summed E-state index contributed by atoms with van der Waals surface area (Å²) >= 11 is 0. The normalized spacial score (nSPS) is 11.1. The van der Waals surface area contributed by atoms with Crippen molar-refractivity contribution in [1.29, 1.82) is 0 Å². The molecule has 0 aliphatic carbocycles. The van der Waals surface area contributed by atoms with Gasteiger partial charge in [0, 0.05) is 18.1 Å². The van der Waals surface area contributed by atoms with E-state index in [1.165, 1.54) is 10.9 Å². The number of fused-ring (bicyclic) bond motifs is 1. The van der Waals surface area contributed by atoms with E-state index in [1.807, 2.05) is 26.1 Å². The van der Waals surface area contributed by atoms with Crippen molar-refractivity contribution in [3.05, 3.63) is 36.0 Å². The summed E-state index contributed by atoms with van der Waals surface area (Å²) in [5, 5.41) is 5.63. The Labute approximate surface area is 108 Å². The molecule has 18 heavy (non-hydrogen) atoms. The molecule has 3 nitrogen and oxygen atoms in total. The second-order valence-electron chi connectivity index (χ2n) is 4.58. The van der Waals surface area contributed by atoms with Crippen LogP contribution in [0.25, 0.3) is 10.8 Å². The average molecular weight is 244 g/mol. The summed E-state index contributed by atoms with van der Waals surface area (Å²) in [7, 11) is 0. The Morgan fingerprint density at radius 1 is 1.22 bits per heavy atom. The molecule has 0 amide bonds. The van der Waals surface area contributed by atoms with E-state index in [9.17, 15) is 0 Å². The van der Waals surface area contributed by atoms with E-state index >= 15 is 0 Å². The maximum atomic E-state index is 5.76. The highest BCUT2D eigenvalue weighted by atomic mass is 16.5. The van der Waals surface area contributed by atoms with Gasteiger partial charge in [-0.2, -0.15) is 0 Å². The first-order chi connectivity index (χ1) is 8.72. The lowest BCUT2D eigenvalue weighted by Crippen LogP contribution is -2.13. The zero-order chi connectivity index (χ0) is 13.0. The van der Waals surface area contributed by atoms with E-state index in [4.69, 9.17) is 4.74 Å². The largest absolute Gasteiger partial charge is 0.475 e. The summed E-state index contributed by atoms with van der Waals surface area (Å²) in [6, 6.07) is 8.26. The first kappa shape index (κ1) is 12.8. The molecule has 1 N–H and O–H groups in total. The molecular weight excluding hydrogens is 224 g/mol. The fourth-order valence-electron chi connectivity index (χ4n) is 1.94. The van der Waals surface area contributed by atoms with Crippen LogP contribution >= 0.6 is 0 Å². The molecular formula is C15H20N2O. The molecule has 0 saturated carbocycles. The van der Waals surface area contributed by atoms with Gasteiger partial charge in [-0.05, 0) is 37.4 Å². The predicted octanol–water partition coefficient (Wildman–Crippen LogP) is 3.13. The molecule has 1 aromatic carbocycles. The van der Waals surface area contributed by atoms with Crippen molar-refractivity contribution < 1.29 is 4.74 Å². The number of nitrogens with zero attached hydrogens (tertiary/aromatic N) is 1. The Hall–Kier alpha value is -1.61. The topological polar surface area (TPSA) is 34.2 Å². The van der Waals surface area contributed by atoms with Gasteiger partial charge in [0.25, 0.3) is 0 Å². The quantitative estimate of drug-likeness (QED) is 0.877. The molecule has 0 unspecified atom stereocenters. The average Bonchev–Trinajstić information content (AvgIpc) is 2.37. The lowest BCUT2D eigenvalue weighted by atomic mass is 10.1. The first-order valence-corrected chi connectivity index (χ1v) is 6.46. The van der Waals surface area contributed by atoms with Crippen LogP contribution in [0.15, 0.2) is 30.5 Å². The van der Waals surface area contributed by atoms with Gasteiger partial charge in [0.05, 0.1) is 6.10 Å². The number of hydrogen-bond donors (Lipinski definition) is 1. The lowest BCUT2D eigenvalue weighted by Gasteiger charge is -2.13. The molecule has 0 aliphatic heterocycles. The lowest BCUT2D eigenvalue weighted by molar-refractivity contribution is 0.236. The van der Waals surface area contributed by atoms with Crippen LogP contribution in [0.3, 0.4) is 0 Å². The minimum absolute atomic E-state index is 0.139. The van der Waals surface area contributed by atoms with Gasteiger partial charge in [0.15, 0.2) is 0 Å². The summed E-state index contributed by atoms with van der Waals surface area (Å²) < 4.78 is 5.76. The highest BCUT2D eigenvalue weighted by Crippen LogP contribution is 2.26. The standard InChI is InChI=1S/C15H20N2O/c1-4-16-9-12-10-17-15(18-11(2)3)14-8-6-5-7-13(12)14/h5-8,10-11,16H,4,9H2,1-3H3. The Kier molecular flexibility index (Phi) is 4.15. The van der Waals surface area contributed by atoms with Crippen LogP contribution in [0.4, 0.5) is 0 Å². The van der Waals surface area contributed by atoms with Gasteiger partial charge in [-0.3, -0.25) is 0 Å². The molecule has 0 spiro atoms. The van der Waals surface area contributed by atoms with E-state index < -0.39 is 0 Å². The SMILES string of the molecule is CCNCc1cnc(OC(C)C)c2ccccc12. The zero-order valence-electron chi connectivity index (χ0n) is 11.2. The molecule has 0 aliphatic rings. The number of hydrogen-bond acceptors (Lipinski definition) is 3. The number of benzene rings is 1. The molecule has 0 radical (unpaired) electrons. The minimum atomic E-state index is 0.139. The van der Waals surface area contributed by atoms with Gasteiger partial charge < -0.3 is 10.1 Å². The van der Waals surface area contributed by atoms with E-state index in [1.54, 1.807) is 0 Å². The van der Waals surface area contributed by atoms with Crippen LogP contribution in [0.2, 0.25) is 0 Å². The van der Waals surface area contributed by atoms with Gasteiger partial charge in [0.1, 0.15) is 0 Å². The van der Waals surface area contributed by atoms with Crippen molar-refractivity contribution in [2.24, 2.45) is 0 Å². The van der Waals surface area contributed by atoms with Gasteiger partial charge in [-0.1, -0.05) is 25.1 Å². The predicted molar refractivity (Wildman–Crippen MR) is 74.9 cm³/mol. The molecule has 1 heterocycles. The minimum Gasteiger partial charge on any atom is -0.475 e. The Balaban J connectivity index is 2.44. The van der Waals surface area contributed by atoms with E-state index in [0.29, 0.717) is 0 Å². The van der Waals surface area contributed by atoms with Crippen molar-refractivity contribution in [2.45, 2.75) is 33.4 Å². The zero-order valence-corrected chi connectivity index (χ0v) is 11.2. The van der Waals surface area contributed by atoms with Gasteiger partial charge in [-0.25, -0.2) is 4.98 Å². The van der Waals surface area contributed by atoms with Crippen LogP contribution < -0.4 is 10.1 Å². The second-order valence-corrected chi connectivity index (χ2v) is 4.58. The summed E-state index contributed by atoms with van der Waals surface area (Å²) in [6.07, 6.45) is 2.04. The number of nitrogens with one attached hydrogen (secondary N) is 1. The summed E-state index contributed by atoms with van der Waals surface area (Å²) in [5.74, 6) is 0.723. The molecule has 3 heteroatoms. The molecule has 0 bridgehead atoms. The fraction of sp³-hybridized carbons (Fsp3) is 0.400. The molecule has 0 atom stereocenters. The molecule has 0 fully saturated rings. The first-order valence-electron chi connectivity index (χ1n) is 6.46. The van der Waals surface area contributed by atoms with Crippen molar-refractivity contribution in [1.82, 2.24) is 10.3 Å². The highest BCUT2D eigenvalue weighted by Gasteiger charge is 2.08. The van der Waals surface area contributed by atoms with Crippen molar-refractivity contribution in [3.8, 4) is 5.88 Å². The summed E-state index contributed by atoms with van der Waals surface area (Å²) in [4.78, 5) is 4.44. The van der Waals surface area contributed by atoms with Gasteiger partial charge in [0.2, 0.25) is 5.88 Å². The van der Waals surface area contributed by atoms with Crippen LogP contribution in [0.1, 0.15) is 26.3 Å². The van der Waals surface area contributed by atoms with Gasteiger partial charge in [-0.15, -0.1) is 0 Å². The Bertz CT molecular complexity index is 523. The van der Waals surface area contributed by atoms with Crippen molar-refractivity contribution in [3.63, 3.8) is 0 Å². The second kappa shape index (κ2) is 5.83. The smallest absolute Gasteiger partial charge is 0.221 e. The number of aromatic nitrogens is 1. The number of rotatable bonds is 5. The van der Waals surface area contributed by atoms with E-state index in [-0.39, 0.29) is 6.10 Å². The Morgan fingerprint density at radius 3 is 2.61 bits per heavy atom. The fourth-order valence-corrected chi connectivity index (χ4v) is 1.94. The molecule has 0 saturated heterocycles. The number of ether oxygens (including phenoxy) is 1. The maximum Gasteiger partial charge on any atom is 0.221 e. The van der Waals surface area contributed by atoms with E-state index in [2.05, 4.69) is 35.4 Å². The van der Waals surface area contributed by atoms with Crippen molar-refractivity contribution in [2.75, 3.05) is 6.54 Å². The van der Waals surface area contributed by atoms with Crippen LogP contribution in [-0.4, -0.2) is 17.6 Å². The molecule has 96 valence electrons. The summed E-state index contributed by atoms with van der Waals surface area (Å²) in [6.45, 7) is 7.93. The number of pyridine rings is 1. The van der Waals surface area contributed by atoms with Crippen LogP contribution in [-0.2, 0) is 6.54 Å². The molecule has 2 rings (SSSR count). The third-order valence-electron chi connectivity index (χ3n) is 2.75. The molecule has 1 aromatic heterocycles. The van der Waals surface area contributed by atoms with Crippen LogP contribution in [0.5, 0.6) is 5.88 Å². The van der Waals surface area contributed by atoms with Gasteiger partial charge >= 0.3 is 0 Å². The monoisotopic (exact) mass is 244 g/mol. The Morgan fingerprint density at radius 2 is 1.94 bits per heavy atom. The third kappa shape index (κ3) is 2.79. The van der Waals surface area contributed by atoms with Crippen LogP contribution in [0, 0.1) is 0 Å². The highest BCUT2D eigenvalue weighted by molar-refractivity contribution is 5.89. The molecule has 2 aromatic rings. The van der Waals surface area contributed by atoms with E-state index in [0.717, 1.165) is 24.4 Å². The van der Waals surface area contributed by atoms with Crippen molar-refractivity contribution >= 4 is 10.8 Å².